The molecule has 3 N–H and O–H groups in total. The third-order valence-corrected chi connectivity index (χ3v) is 6.62. The van der Waals surface area contributed by atoms with E-state index in [2.05, 4.69) is 15.8 Å². The van der Waals surface area contributed by atoms with Crippen LogP contribution in [0.4, 0.5) is 26.7 Å². The van der Waals surface area contributed by atoms with E-state index in [1.165, 1.54) is 16.0 Å². The van der Waals surface area contributed by atoms with Crippen molar-refractivity contribution in [1.29, 1.82) is 0 Å². The molecule has 4 rings (SSSR count). The van der Waals surface area contributed by atoms with Crippen molar-refractivity contribution in [3.05, 3.63) is 90.5 Å². The van der Waals surface area contributed by atoms with E-state index in [1.54, 1.807) is 74.5 Å². The first kappa shape index (κ1) is 28.1. The average molecular weight is 544 g/mol. The number of hydrazone groups is 1. The van der Waals surface area contributed by atoms with Gasteiger partial charge < -0.3 is 15.1 Å². The number of amides is 5. The molecule has 3 aromatic carbocycles. The molecule has 1 heterocycles. The molecule has 0 aromatic heterocycles. The fourth-order valence-electron chi connectivity index (χ4n) is 4.49. The number of urea groups is 2. The van der Waals surface area contributed by atoms with Crippen LogP contribution in [0.5, 0.6) is 0 Å². The maximum atomic E-state index is 13.7. The van der Waals surface area contributed by atoms with E-state index < -0.39 is 29.7 Å². The van der Waals surface area contributed by atoms with Crippen LogP contribution in [0.3, 0.4) is 0 Å². The van der Waals surface area contributed by atoms with Gasteiger partial charge in [0, 0.05) is 31.2 Å². The van der Waals surface area contributed by atoms with Crippen molar-refractivity contribution in [2.45, 2.75) is 25.6 Å². The van der Waals surface area contributed by atoms with E-state index in [1.807, 2.05) is 43.3 Å². The molecule has 1 aliphatic heterocycles. The fourth-order valence-corrected chi connectivity index (χ4v) is 4.49. The second kappa shape index (κ2) is 11.9. The van der Waals surface area contributed by atoms with Crippen LogP contribution in [0.25, 0.3) is 0 Å². The summed E-state index contributed by atoms with van der Waals surface area (Å²) >= 11 is 0. The van der Waals surface area contributed by atoms with Gasteiger partial charge in [-0.1, -0.05) is 48.5 Å². The molecule has 5 amide bonds. The summed E-state index contributed by atoms with van der Waals surface area (Å²) in [6.45, 7) is 3.01. The Morgan fingerprint density at radius 2 is 1.57 bits per heavy atom. The van der Waals surface area contributed by atoms with Crippen LogP contribution in [0.15, 0.2) is 90.0 Å². The largest absolute Gasteiger partial charge is 0.378 e. The van der Waals surface area contributed by atoms with Gasteiger partial charge >= 0.3 is 12.1 Å². The number of para-hydroxylation sites is 2. The second-order valence-electron chi connectivity index (χ2n) is 10.0. The van der Waals surface area contributed by atoms with Crippen LogP contribution in [0.1, 0.15) is 19.4 Å². The highest BCUT2D eigenvalue weighted by Crippen LogP contribution is 2.37. The van der Waals surface area contributed by atoms with Gasteiger partial charge in [0.25, 0.3) is 5.91 Å². The molecule has 1 aliphatic rings. The smallest absolute Gasteiger partial charge is 0.347 e. The van der Waals surface area contributed by atoms with Crippen molar-refractivity contribution in [2.24, 2.45) is 5.10 Å². The van der Waals surface area contributed by atoms with E-state index >= 15 is 0 Å². The second-order valence-corrected chi connectivity index (χ2v) is 10.0. The van der Waals surface area contributed by atoms with Crippen LogP contribution in [-0.2, 0) is 4.79 Å². The van der Waals surface area contributed by atoms with Crippen molar-refractivity contribution in [3.63, 3.8) is 0 Å². The van der Waals surface area contributed by atoms with Gasteiger partial charge in [0.05, 0.1) is 11.8 Å². The molecule has 1 saturated heterocycles. The Balaban J connectivity index is 1.52. The molecule has 0 spiro atoms. The lowest BCUT2D eigenvalue weighted by atomic mass is 9.99. The van der Waals surface area contributed by atoms with Gasteiger partial charge in [-0.2, -0.15) is 10.2 Å². The maximum absolute atomic E-state index is 13.7. The summed E-state index contributed by atoms with van der Waals surface area (Å²) in [5.74, 6) is -0.533. The van der Waals surface area contributed by atoms with Crippen LogP contribution in [0.2, 0.25) is 0 Å². The fraction of sp³-hybridized carbons (Fsp3) is 0.241. The molecule has 1 unspecified atom stereocenters. The van der Waals surface area contributed by atoms with Crippen molar-refractivity contribution < 1.29 is 19.6 Å². The van der Waals surface area contributed by atoms with Crippen LogP contribution in [-0.4, -0.2) is 71.7 Å². The normalized spacial score (nSPS) is 16.2. The summed E-state index contributed by atoms with van der Waals surface area (Å²) < 4.78 is 0. The van der Waals surface area contributed by atoms with Crippen LogP contribution in [0, 0.1) is 0 Å². The highest BCUT2D eigenvalue weighted by molar-refractivity contribution is 6.00. The third-order valence-electron chi connectivity index (χ3n) is 6.62. The Morgan fingerprint density at radius 1 is 0.975 bits per heavy atom. The summed E-state index contributed by atoms with van der Waals surface area (Å²) in [4.78, 5) is 44.2. The molecule has 11 nitrogen and oxygen atoms in total. The molecule has 1 atom stereocenters. The summed E-state index contributed by atoms with van der Waals surface area (Å²) in [6.07, 6.45) is 0.356. The van der Waals surface area contributed by atoms with Crippen LogP contribution < -0.4 is 20.5 Å². The number of carbonyl (C=O) groups is 3. The quantitative estimate of drug-likeness (QED) is 0.224. The Morgan fingerprint density at radius 3 is 2.17 bits per heavy atom. The first-order valence-electron chi connectivity index (χ1n) is 12.7. The van der Waals surface area contributed by atoms with Gasteiger partial charge in [-0.15, -0.1) is 0 Å². The number of benzene rings is 3. The molecule has 0 bridgehead atoms. The number of anilines is 3. The summed E-state index contributed by atoms with van der Waals surface area (Å²) in [7, 11) is 3.89. The zero-order valence-corrected chi connectivity index (χ0v) is 22.9. The third kappa shape index (κ3) is 6.05. The lowest BCUT2D eigenvalue weighted by molar-refractivity contribution is -0.124. The molecule has 0 radical (unpaired) electrons. The zero-order valence-electron chi connectivity index (χ0n) is 22.9. The average Bonchev–Trinajstić information content (AvgIpc) is 3.14. The van der Waals surface area contributed by atoms with Crippen molar-refractivity contribution in [2.75, 3.05) is 35.8 Å². The molecule has 0 saturated carbocycles. The molecule has 11 heteroatoms. The van der Waals surface area contributed by atoms with E-state index in [9.17, 15) is 19.6 Å². The van der Waals surface area contributed by atoms with Crippen molar-refractivity contribution in [1.82, 2.24) is 15.4 Å². The summed E-state index contributed by atoms with van der Waals surface area (Å²) in [5, 5.41) is 18.3. The number of nitrogens with one attached hydrogen (secondary N) is 2. The number of hydroxylamine groups is 2. The highest BCUT2D eigenvalue weighted by atomic mass is 16.5. The Kier molecular flexibility index (Phi) is 8.34. The first-order valence-corrected chi connectivity index (χ1v) is 12.7. The molecule has 208 valence electrons. The maximum Gasteiger partial charge on any atom is 0.347 e. The Labute approximate surface area is 233 Å². The van der Waals surface area contributed by atoms with Gasteiger partial charge in [0.15, 0.2) is 6.17 Å². The molecule has 40 heavy (non-hydrogen) atoms. The lowest BCUT2D eigenvalue weighted by Crippen LogP contribution is -2.58. The minimum atomic E-state index is -1.18. The molecular weight excluding hydrogens is 510 g/mol. The predicted molar refractivity (Wildman–Crippen MR) is 154 cm³/mol. The van der Waals surface area contributed by atoms with Crippen molar-refractivity contribution in [3.8, 4) is 0 Å². The van der Waals surface area contributed by atoms with E-state index in [4.69, 9.17) is 0 Å². The standard InChI is InChI=1S/C29H33N7O4/c1-29(2)26(36(40)27(38)31-22-11-7-5-8-12-22)35(24-13-9-6-10-14-24)28(39)34(29)20-25(37)32-30-19-21-15-17-23(18-16-21)33(3)4/h5-19,26,40H,20H2,1-4H3,(H,31,38)(H,32,37). The molecule has 0 aliphatic carbocycles. The monoisotopic (exact) mass is 543 g/mol. The Bertz CT molecular complexity index is 1360. The number of nitrogens with zero attached hydrogens (tertiary/aromatic N) is 5. The minimum Gasteiger partial charge on any atom is -0.378 e. The van der Waals surface area contributed by atoms with Gasteiger partial charge in [0.1, 0.15) is 6.54 Å². The number of carbonyl (C=O) groups excluding carboxylic acids is 3. The SMILES string of the molecule is CN(C)c1ccc(C=NNC(=O)CN2C(=O)N(c3ccccc3)C(N(O)C(=O)Nc3ccccc3)C2(C)C)cc1. The van der Waals surface area contributed by atoms with Gasteiger partial charge in [0.2, 0.25) is 0 Å². The number of hydrogen-bond acceptors (Lipinski definition) is 6. The molecule has 1 fully saturated rings. The lowest BCUT2D eigenvalue weighted by Gasteiger charge is -2.38. The summed E-state index contributed by atoms with van der Waals surface area (Å²) in [5.41, 5.74) is 4.04. The zero-order chi connectivity index (χ0) is 28.9. The summed E-state index contributed by atoms with van der Waals surface area (Å²) in [6, 6.07) is 23.6. The van der Waals surface area contributed by atoms with Gasteiger partial charge in [-0.05, 0) is 55.8 Å². The first-order chi connectivity index (χ1) is 19.1. The van der Waals surface area contributed by atoms with Crippen LogP contribution >= 0.6 is 0 Å². The predicted octanol–water partition coefficient (Wildman–Crippen LogP) is 4.17. The molecular formula is C29H33N7O4. The van der Waals surface area contributed by atoms with E-state index in [0.717, 1.165) is 11.3 Å². The van der Waals surface area contributed by atoms with Gasteiger partial charge in [-0.25, -0.2) is 15.0 Å². The van der Waals surface area contributed by atoms with Crippen molar-refractivity contribution >= 4 is 41.2 Å². The highest BCUT2D eigenvalue weighted by Gasteiger charge is 2.56. The number of rotatable bonds is 8. The topological polar surface area (TPSA) is 121 Å². The van der Waals surface area contributed by atoms with Gasteiger partial charge in [-0.3, -0.25) is 14.9 Å². The Hall–Kier alpha value is -4.90. The molecule has 3 aromatic rings. The van der Waals surface area contributed by atoms with E-state index in [-0.39, 0.29) is 6.54 Å². The minimum absolute atomic E-state index is 0.350. The van der Waals surface area contributed by atoms with E-state index in [0.29, 0.717) is 16.4 Å². The number of hydrogen-bond donors (Lipinski definition) is 3.